The molecule has 0 saturated carbocycles. The first-order chi connectivity index (χ1) is 11.7. The van der Waals surface area contributed by atoms with Crippen LogP contribution in [0.25, 0.3) is 0 Å². The maximum atomic E-state index is 12.3. The zero-order valence-electron chi connectivity index (χ0n) is 14.3. The molecular formula is C17H26N3O4+. The molecule has 1 aromatic rings. The molecule has 1 heterocycles. The summed E-state index contributed by atoms with van der Waals surface area (Å²) >= 11 is 0. The van der Waals surface area contributed by atoms with Crippen molar-refractivity contribution in [2.75, 3.05) is 53.1 Å². The van der Waals surface area contributed by atoms with Crippen molar-refractivity contribution in [2.24, 2.45) is 4.99 Å². The quantitative estimate of drug-likeness (QED) is 0.554. The highest BCUT2D eigenvalue weighted by molar-refractivity contribution is 6.04. The van der Waals surface area contributed by atoms with Crippen molar-refractivity contribution in [3.05, 3.63) is 29.8 Å². The fourth-order valence-corrected chi connectivity index (χ4v) is 2.40. The van der Waals surface area contributed by atoms with Gasteiger partial charge in [0.15, 0.2) is 0 Å². The molecule has 7 nitrogen and oxygen atoms in total. The smallest absolute Gasteiger partial charge is 0.291 e. The molecule has 1 aromatic carbocycles. The van der Waals surface area contributed by atoms with Crippen LogP contribution in [0.4, 0.5) is 0 Å². The molecule has 1 saturated heterocycles. The number of benzene rings is 1. The number of carbonyl (C=O) groups is 1. The SMILES string of the molecule is CCOC(=NCC[NH+]1CCOCC1)NC(=O)c1ccc(OC)cc1. The van der Waals surface area contributed by atoms with Gasteiger partial charge in [-0.2, -0.15) is 0 Å². The van der Waals surface area contributed by atoms with E-state index in [-0.39, 0.29) is 11.9 Å². The number of ether oxygens (including phenoxy) is 3. The van der Waals surface area contributed by atoms with E-state index in [1.807, 2.05) is 6.92 Å². The van der Waals surface area contributed by atoms with Crippen molar-refractivity contribution in [3.8, 4) is 5.75 Å². The largest absolute Gasteiger partial charge is 0.497 e. The minimum Gasteiger partial charge on any atom is -0.497 e. The van der Waals surface area contributed by atoms with Crippen molar-refractivity contribution < 1.29 is 23.9 Å². The Morgan fingerprint density at radius 1 is 1.29 bits per heavy atom. The molecule has 1 amide bonds. The van der Waals surface area contributed by atoms with E-state index in [2.05, 4.69) is 10.3 Å². The van der Waals surface area contributed by atoms with Gasteiger partial charge in [0.1, 0.15) is 18.8 Å². The van der Waals surface area contributed by atoms with Crippen LogP contribution in [0.2, 0.25) is 0 Å². The summed E-state index contributed by atoms with van der Waals surface area (Å²) in [5, 5.41) is 2.72. The fourth-order valence-electron chi connectivity index (χ4n) is 2.40. The second-order valence-corrected chi connectivity index (χ2v) is 5.41. The Morgan fingerprint density at radius 3 is 2.62 bits per heavy atom. The fraction of sp³-hybridized carbons (Fsp3) is 0.529. The van der Waals surface area contributed by atoms with Gasteiger partial charge in [-0.3, -0.25) is 10.1 Å². The lowest BCUT2D eigenvalue weighted by molar-refractivity contribution is -0.906. The summed E-state index contributed by atoms with van der Waals surface area (Å²) in [6, 6.07) is 7.17. The van der Waals surface area contributed by atoms with Gasteiger partial charge in [0.05, 0.1) is 40.0 Å². The van der Waals surface area contributed by atoms with E-state index < -0.39 is 0 Å². The van der Waals surface area contributed by atoms with Crippen molar-refractivity contribution in [1.82, 2.24) is 5.32 Å². The second kappa shape index (κ2) is 9.89. The number of rotatable bonds is 6. The summed E-state index contributed by atoms with van der Waals surface area (Å²) < 4.78 is 15.9. The monoisotopic (exact) mass is 336 g/mol. The number of carbonyl (C=O) groups excluding carboxylic acids is 1. The van der Waals surface area contributed by atoms with Crippen molar-refractivity contribution >= 4 is 11.9 Å². The maximum absolute atomic E-state index is 12.3. The van der Waals surface area contributed by atoms with E-state index in [9.17, 15) is 4.79 Å². The predicted molar refractivity (Wildman–Crippen MR) is 90.8 cm³/mol. The normalized spacial score (nSPS) is 15.8. The van der Waals surface area contributed by atoms with Crippen LogP contribution in [0.1, 0.15) is 17.3 Å². The number of hydrogen-bond acceptors (Lipinski definition) is 5. The lowest BCUT2D eigenvalue weighted by atomic mass is 10.2. The first kappa shape index (κ1) is 18.2. The number of hydrogen-bond donors (Lipinski definition) is 2. The summed E-state index contributed by atoms with van der Waals surface area (Å²) in [4.78, 5) is 18.1. The Labute approximate surface area is 142 Å². The highest BCUT2D eigenvalue weighted by Gasteiger charge is 2.14. The van der Waals surface area contributed by atoms with Gasteiger partial charge < -0.3 is 19.1 Å². The molecule has 1 aliphatic rings. The number of amidine groups is 1. The second-order valence-electron chi connectivity index (χ2n) is 5.41. The number of nitrogens with one attached hydrogen (secondary N) is 2. The van der Waals surface area contributed by atoms with Crippen molar-refractivity contribution in [3.63, 3.8) is 0 Å². The van der Waals surface area contributed by atoms with Crippen LogP contribution in [-0.4, -0.2) is 65.0 Å². The van der Waals surface area contributed by atoms with Gasteiger partial charge in [-0.15, -0.1) is 0 Å². The summed E-state index contributed by atoms with van der Waals surface area (Å²) in [6.07, 6.45) is 0. The lowest BCUT2D eigenvalue weighted by Crippen LogP contribution is -3.14. The Morgan fingerprint density at radius 2 is 2.00 bits per heavy atom. The molecule has 24 heavy (non-hydrogen) atoms. The first-order valence-corrected chi connectivity index (χ1v) is 8.27. The van der Waals surface area contributed by atoms with Crippen molar-refractivity contribution in [1.29, 1.82) is 0 Å². The van der Waals surface area contributed by atoms with Gasteiger partial charge in [0.25, 0.3) is 11.9 Å². The maximum Gasteiger partial charge on any atom is 0.291 e. The molecule has 2 N–H and O–H groups in total. The molecule has 1 fully saturated rings. The minimum absolute atomic E-state index is 0.247. The molecule has 0 unspecified atom stereocenters. The minimum atomic E-state index is -0.247. The summed E-state index contributed by atoms with van der Waals surface area (Å²) in [7, 11) is 1.59. The van der Waals surface area contributed by atoms with Crippen LogP contribution >= 0.6 is 0 Å². The van der Waals surface area contributed by atoms with Gasteiger partial charge in [0, 0.05) is 5.56 Å². The van der Waals surface area contributed by atoms with E-state index in [1.54, 1.807) is 31.4 Å². The number of aliphatic imine (C=N–C) groups is 1. The predicted octanol–water partition coefficient (Wildman–Crippen LogP) is -0.267. The molecule has 0 bridgehead atoms. The zero-order chi connectivity index (χ0) is 17.2. The van der Waals surface area contributed by atoms with E-state index in [1.165, 1.54) is 4.90 Å². The van der Waals surface area contributed by atoms with Crippen LogP contribution < -0.4 is 15.0 Å². The number of methoxy groups -OCH3 is 1. The molecule has 132 valence electrons. The molecule has 7 heteroatoms. The van der Waals surface area contributed by atoms with E-state index in [4.69, 9.17) is 14.2 Å². The van der Waals surface area contributed by atoms with Crippen LogP contribution in [0.3, 0.4) is 0 Å². The summed E-state index contributed by atoms with van der Waals surface area (Å²) in [5.74, 6) is 0.460. The van der Waals surface area contributed by atoms with Gasteiger partial charge in [0.2, 0.25) is 0 Å². The van der Waals surface area contributed by atoms with Crippen LogP contribution in [0.15, 0.2) is 29.3 Å². The number of quaternary nitrogens is 1. The van der Waals surface area contributed by atoms with Gasteiger partial charge in [-0.05, 0) is 31.2 Å². The Bertz CT molecular complexity index is 539. The third-order valence-corrected chi connectivity index (χ3v) is 3.77. The Kier molecular flexibility index (Phi) is 7.51. The number of amides is 1. The number of morpholine rings is 1. The molecule has 2 rings (SSSR count). The molecule has 0 atom stereocenters. The van der Waals surface area contributed by atoms with Crippen LogP contribution in [0, 0.1) is 0 Å². The Hall–Kier alpha value is -2.12. The molecule has 0 radical (unpaired) electrons. The average molecular weight is 336 g/mol. The molecule has 1 aliphatic heterocycles. The molecule has 0 aromatic heterocycles. The Balaban J connectivity index is 1.88. The standard InChI is InChI=1S/C17H25N3O4/c1-3-24-17(18-8-9-20-10-12-23-13-11-20)19-16(21)14-4-6-15(22-2)7-5-14/h4-7H,3,8-13H2,1-2H3,(H,18,19,21)/p+1. The van der Waals surface area contributed by atoms with Gasteiger partial charge in [-0.25, -0.2) is 4.99 Å². The van der Waals surface area contributed by atoms with Crippen molar-refractivity contribution in [2.45, 2.75) is 6.92 Å². The summed E-state index contributed by atoms with van der Waals surface area (Å²) in [5.41, 5.74) is 0.530. The molecular weight excluding hydrogens is 310 g/mol. The molecule has 0 spiro atoms. The van der Waals surface area contributed by atoms with E-state index in [0.717, 1.165) is 32.8 Å². The third kappa shape index (κ3) is 5.82. The first-order valence-electron chi connectivity index (χ1n) is 8.27. The highest BCUT2D eigenvalue weighted by Crippen LogP contribution is 2.11. The van der Waals surface area contributed by atoms with Gasteiger partial charge in [-0.1, -0.05) is 0 Å². The average Bonchev–Trinajstić information content (AvgIpc) is 2.63. The van der Waals surface area contributed by atoms with Crippen LogP contribution in [-0.2, 0) is 9.47 Å². The van der Waals surface area contributed by atoms with E-state index >= 15 is 0 Å². The van der Waals surface area contributed by atoms with Gasteiger partial charge >= 0.3 is 0 Å². The highest BCUT2D eigenvalue weighted by atomic mass is 16.5. The summed E-state index contributed by atoms with van der Waals surface area (Å²) in [6.45, 7) is 7.41. The molecule has 0 aliphatic carbocycles. The zero-order valence-corrected chi connectivity index (χ0v) is 14.3. The third-order valence-electron chi connectivity index (χ3n) is 3.77. The number of nitrogens with zero attached hydrogens (tertiary/aromatic N) is 1. The van der Waals surface area contributed by atoms with Crippen LogP contribution in [0.5, 0.6) is 5.75 Å². The topological polar surface area (TPSA) is 73.6 Å². The lowest BCUT2D eigenvalue weighted by Gasteiger charge is -2.23. The van der Waals surface area contributed by atoms with E-state index in [0.29, 0.717) is 24.5 Å².